The molecule has 0 aliphatic carbocycles. The lowest BCUT2D eigenvalue weighted by molar-refractivity contribution is -0.357. The number of fused-ring (bicyclic) bond motifs is 2. The van der Waals surface area contributed by atoms with E-state index in [1.807, 2.05) is 24.3 Å². The van der Waals surface area contributed by atoms with Crippen LogP contribution in [-0.4, -0.2) is 40.1 Å². The van der Waals surface area contributed by atoms with Crippen LogP contribution in [0.1, 0.15) is 36.4 Å². The number of aliphatic hydroxyl groups excluding tert-OH is 1. The van der Waals surface area contributed by atoms with Crippen LogP contribution in [0.25, 0.3) is 5.57 Å². The molecule has 2 aromatic rings. The summed E-state index contributed by atoms with van der Waals surface area (Å²) in [6.07, 6.45) is 0. The van der Waals surface area contributed by atoms with Crippen molar-refractivity contribution in [3.05, 3.63) is 65.2 Å². The van der Waals surface area contributed by atoms with Crippen LogP contribution >= 0.6 is 45.2 Å². The first-order valence-corrected chi connectivity index (χ1v) is 12.5. The van der Waals surface area contributed by atoms with Crippen LogP contribution in [0.4, 0.5) is 0 Å². The molecule has 0 saturated heterocycles. The van der Waals surface area contributed by atoms with Crippen molar-refractivity contribution in [2.75, 3.05) is 13.7 Å². The van der Waals surface area contributed by atoms with Crippen molar-refractivity contribution in [3.63, 3.8) is 0 Å². The molecule has 8 heteroatoms. The highest BCUT2D eigenvalue weighted by Crippen LogP contribution is 2.45. The Morgan fingerprint density at radius 3 is 2.45 bits per heavy atom. The lowest BCUT2D eigenvalue weighted by Crippen LogP contribution is -2.58. The summed E-state index contributed by atoms with van der Waals surface area (Å²) in [5.74, 6) is 0.715. The van der Waals surface area contributed by atoms with Gasteiger partial charge in [-0.15, -0.1) is 0 Å². The third-order valence-corrected chi connectivity index (χ3v) is 9.88. The second-order valence-corrected chi connectivity index (χ2v) is 10.5. The Morgan fingerprint density at radius 2 is 1.81 bits per heavy atom. The van der Waals surface area contributed by atoms with Crippen molar-refractivity contribution in [3.8, 4) is 5.75 Å². The second-order valence-electron chi connectivity index (χ2n) is 8.33. The lowest BCUT2D eigenvalue weighted by Gasteiger charge is -2.41. The minimum absolute atomic E-state index is 0.0464. The van der Waals surface area contributed by atoms with E-state index in [2.05, 4.69) is 88.7 Å². The first kappa shape index (κ1) is 23.1. The van der Waals surface area contributed by atoms with E-state index in [9.17, 15) is 5.11 Å². The molecular weight excluding hydrogens is 617 g/mol. The topological polar surface area (TPSA) is 46.6 Å². The molecule has 1 atom stereocenters. The highest BCUT2D eigenvalue weighted by molar-refractivity contribution is 14.1. The molecule has 3 heterocycles. The summed E-state index contributed by atoms with van der Waals surface area (Å²) < 4.78 is 19.8. The Balaban J connectivity index is 1.98. The van der Waals surface area contributed by atoms with Gasteiger partial charge >= 0.3 is 6.62 Å². The predicted molar refractivity (Wildman–Crippen MR) is 143 cm³/mol. The van der Waals surface area contributed by atoms with Gasteiger partial charge in [0.15, 0.2) is 5.70 Å². The first-order valence-electron chi connectivity index (χ1n) is 10.4. The molecule has 31 heavy (non-hydrogen) atoms. The summed E-state index contributed by atoms with van der Waals surface area (Å²) in [5.41, 5.74) is 9.20. The average molecular weight is 644 g/mol. The van der Waals surface area contributed by atoms with Gasteiger partial charge in [-0.3, -0.25) is 0 Å². The molecule has 2 aliphatic heterocycles. The van der Waals surface area contributed by atoms with Crippen LogP contribution in [0.3, 0.4) is 0 Å². The van der Waals surface area contributed by atoms with Crippen LogP contribution in [-0.2, 0) is 11.3 Å². The van der Waals surface area contributed by atoms with Crippen molar-refractivity contribution in [1.82, 2.24) is 4.48 Å². The Morgan fingerprint density at radius 1 is 1.13 bits per heavy atom. The minimum atomic E-state index is -1.51. The molecule has 0 bridgehead atoms. The second kappa shape index (κ2) is 8.35. The Hall–Kier alpha value is -1.11. The number of benzene rings is 1. The number of rotatable bonds is 5. The minimum Gasteiger partial charge on any atom is -0.514 e. The fourth-order valence-electron chi connectivity index (χ4n) is 5.10. The summed E-state index contributed by atoms with van der Waals surface area (Å²) in [5, 5.41) is 9.73. The number of aromatic nitrogens is 1. The van der Waals surface area contributed by atoms with Crippen molar-refractivity contribution >= 4 is 63.1 Å². The molecule has 0 fully saturated rings. The monoisotopic (exact) mass is 644 g/mol. The van der Waals surface area contributed by atoms with Gasteiger partial charge in [-0.1, -0.05) is 25.0 Å². The number of hydrogen-bond donors (Lipinski definition) is 1. The zero-order chi connectivity index (χ0) is 22.7. The number of aliphatic hydroxyl groups is 1. The third-order valence-electron chi connectivity index (χ3n) is 6.70. The van der Waals surface area contributed by atoms with E-state index in [1.165, 1.54) is 41.1 Å². The van der Waals surface area contributed by atoms with Crippen molar-refractivity contribution in [2.45, 2.75) is 41.1 Å². The molecule has 0 amide bonds. The molecule has 2 aliphatic rings. The molecule has 1 unspecified atom stereocenters. The smallest absolute Gasteiger partial charge is 0.512 e. The van der Waals surface area contributed by atoms with Crippen LogP contribution in [0.2, 0.25) is 6.82 Å². The van der Waals surface area contributed by atoms with Crippen molar-refractivity contribution in [1.29, 1.82) is 0 Å². The summed E-state index contributed by atoms with van der Waals surface area (Å²) in [4.78, 5) is 0. The highest BCUT2D eigenvalue weighted by atomic mass is 127. The van der Waals surface area contributed by atoms with E-state index in [0.29, 0.717) is 12.4 Å². The largest absolute Gasteiger partial charge is 0.514 e. The Kier molecular flexibility index (Phi) is 6.21. The van der Waals surface area contributed by atoms with Gasteiger partial charge < -0.3 is 23.5 Å². The maximum Gasteiger partial charge on any atom is 0.512 e. The number of para-hydroxylation sites is 1. The third kappa shape index (κ3) is 3.27. The van der Waals surface area contributed by atoms with E-state index in [-0.39, 0.29) is 6.61 Å². The Bertz CT molecular complexity index is 1200. The summed E-state index contributed by atoms with van der Waals surface area (Å²) in [7, 11) is 1.80. The number of hydrogen-bond acceptors (Lipinski definition) is 3. The number of allylic oxidation sites excluding steroid dienone is 2. The standard InChI is InChI=1S/C23H27BI2N2O3/c1-13-20(25)15(3)27-22(13)18(12-31-19-10-8-7-9-17(19)11-29)23-14(2)21(26)16(4)28(23)24(27,5)30-6/h7-10,29H,11-12H2,1-6H3. The van der Waals surface area contributed by atoms with Gasteiger partial charge in [0.1, 0.15) is 18.1 Å². The quantitative estimate of drug-likeness (QED) is 0.357. The van der Waals surface area contributed by atoms with Gasteiger partial charge in [-0.05, 0) is 90.4 Å². The molecule has 1 aromatic carbocycles. The fraction of sp³-hybridized carbons (Fsp3) is 0.348. The van der Waals surface area contributed by atoms with Crippen LogP contribution in [0.15, 0.2) is 39.1 Å². The van der Waals surface area contributed by atoms with Gasteiger partial charge in [0.25, 0.3) is 0 Å². The zero-order valence-corrected chi connectivity index (χ0v) is 23.0. The maximum atomic E-state index is 9.73. The van der Waals surface area contributed by atoms with E-state index < -0.39 is 6.62 Å². The fourth-order valence-corrected chi connectivity index (χ4v) is 6.13. The van der Waals surface area contributed by atoms with Gasteiger partial charge in [0.2, 0.25) is 0 Å². The van der Waals surface area contributed by atoms with Gasteiger partial charge in [-0.25, -0.2) is 0 Å². The molecule has 0 spiro atoms. The van der Waals surface area contributed by atoms with E-state index in [0.717, 1.165) is 11.1 Å². The zero-order valence-electron chi connectivity index (χ0n) is 18.7. The Labute approximate surface area is 211 Å². The van der Waals surface area contributed by atoms with Crippen LogP contribution < -0.4 is 4.74 Å². The highest BCUT2D eigenvalue weighted by Gasteiger charge is 2.51. The average Bonchev–Trinajstić information content (AvgIpc) is 3.15. The summed E-state index contributed by atoms with van der Waals surface area (Å²) in [6, 6.07) is 7.67. The molecule has 0 radical (unpaired) electrons. The molecule has 4 rings (SSSR count). The maximum absolute atomic E-state index is 9.73. The van der Waals surface area contributed by atoms with Gasteiger partial charge in [0, 0.05) is 27.3 Å². The van der Waals surface area contributed by atoms with Gasteiger partial charge in [0.05, 0.1) is 15.8 Å². The number of nitrogens with zero attached hydrogens (tertiary/aromatic N) is 2. The SMILES string of the molecule is CO[B-]1(C)n2c(C)c(I)c(C)c2C(COc2ccccc2CO)=C2C(C)=C(I)C(C)=[N+]21. The molecule has 1 aromatic heterocycles. The van der Waals surface area contributed by atoms with Crippen LogP contribution in [0.5, 0.6) is 5.75 Å². The number of ether oxygens (including phenoxy) is 1. The first-order chi connectivity index (χ1) is 14.7. The van der Waals surface area contributed by atoms with Crippen LogP contribution in [0, 0.1) is 17.4 Å². The summed E-state index contributed by atoms with van der Waals surface area (Å²) in [6.45, 7) is 9.74. The molecule has 164 valence electrons. The van der Waals surface area contributed by atoms with E-state index >= 15 is 0 Å². The lowest BCUT2D eigenvalue weighted by atomic mass is 9.63. The van der Waals surface area contributed by atoms with E-state index in [1.54, 1.807) is 7.11 Å². The normalized spacial score (nSPS) is 20.5. The molecule has 1 N–H and O–H groups in total. The summed E-state index contributed by atoms with van der Waals surface area (Å²) >= 11 is 4.88. The van der Waals surface area contributed by atoms with Crippen molar-refractivity contribution in [2.24, 2.45) is 0 Å². The molecule has 5 nitrogen and oxygen atoms in total. The number of halogens is 2. The molecular formula is C23H27BI2N2O3. The van der Waals surface area contributed by atoms with Gasteiger partial charge in [-0.2, -0.15) is 0 Å². The predicted octanol–water partition coefficient (Wildman–Crippen LogP) is 5.26. The molecule has 0 saturated carbocycles. The van der Waals surface area contributed by atoms with E-state index in [4.69, 9.17) is 9.39 Å². The van der Waals surface area contributed by atoms with Crippen molar-refractivity contribution < 1.29 is 19.0 Å².